The second-order valence-corrected chi connectivity index (χ2v) is 12.8. The van der Waals surface area contributed by atoms with Crippen LogP contribution >= 0.6 is 0 Å². The van der Waals surface area contributed by atoms with Crippen LogP contribution in [0, 0.1) is 19.7 Å². The molecule has 3 aliphatic rings. The van der Waals surface area contributed by atoms with Crippen LogP contribution in [0.25, 0.3) is 11.6 Å². The average Bonchev–Trinajstić information content (AvgIpc) is 3.64. The molecule has 1 aromatic heterocycles. The van der Waals surface area contributed by atoms with Gasteiger partial charge in [0.05, 0.1) is 22.3 Å². The topological polar surface area (TPSA) is 175 Å². The number of H-pyrrole nitrogens is 1. The van der Waals surface area contributed by atoms with E-state index in [0.29, 0.717) is 57.9 Å². The smallest absolute Gasteiger partial charge is 0.262 e. The molecular weight excluding hydrogens is 645 g/mol. The maximum atomic E-state index is 13.8. The van der Waals surface area contributed by atoms with Crippen molar-refractivity contribution in [3.8, 4) is 0 Å². The van der Waals surface area contributed by atoms with Crippen LogP contribution in [0.15, 0.2) is 36.4 Å². The molecular formula is C37H36FN5O7. The molecule has 4 heterocycles. The molecule has 12 nitrogen and oxygen atoms in total. The van der Waals surface area contributed by atoms with E-state index in [0.717, 1.165) is 30.6 Å². The first kappa shape index (κ1) is 34.2. The normalized spacial score (nSPS) is 17.6. The van der Waals surface area contributed by atoms with E-state index in [-0.39, 0.29) is 48.0 Å². The van der Waals surface area contributed by atoms with Gasteiger partial charge in [-0.25, -0.2) is 4.39 Å². The summed E-state index contributed by atoms with van der Waals surface area (Å²) in [6.45, 7) is 4.04. The molecule has 258 valence electrons. The fraction of sp³-hybridized carbons (Fsp3) is 0.324. The Bertz CT molecular complexity index is 2010. The van der Waals surface area contributed by atoms with E-state index in [9.17, 15) is 38.0 Å². The number of anilines is 1. The molecule has 1 atom stereocenters. The molecule has 0 radical (unpaired) electrons. The van der Waals surface area contributed by atoms with Gasteiger partial charge in [0.25, 0.3) is 23.6 Å². The number of hydrogen-bond acceptors (Lipinski definition) is 7. The zero-order valence-corrected chi connectivity index (χ0v) is 27.7. The minimum Gasteiger partial charge on any atom is -0.358 e. The van der Waals surface area contributed by atoms with Crippen molar-refractivity contribution in [2.45, 2.75) is 71.3 Å². The van der Waals surface area contributed by atoms with Gasteiger partial charge < -0.3 is 15.6 Å². The van der Waals surface area contributed by atoms with Gasteiger partial charge in [-0.1, -0.05) is 25.3 Å². The van der Waals surface area contributed by atoms with Crippen molar-refractivity contribution in [1.29, 1.82) is 0 Å². The van der Waals surface area contributed by atoms with Crippen molar-refractivity contribution in [3.63, 3.8) is 0 Å². The molecule has 1 fully saturated rings. The number of aromatic amines is 1. The molecule has 50 heavy (non-hydrogen) atoms. The van der Waals surface area contributed by atoms with E-state index in [2.05, 4.69) is 20.9 Å². The zero-order chi connectivity index (χ0) is 35.7. The highest BCUT2D eigenvalue weighted by atomic mass is 19.1. The quantitative estimate of drug-likeness (QED) is 0.0934. The van der Waals surface area contributed by atoms with Gasteiger partial charge in [-0.2, -0.15) is 0 Å². The molecule has 4 N–H and O–H groups in total. The number of amides is 6. The van der Waals surface area contributed by atoms with E-state index in [1.165, 1.54) is 36.4 Å². The second kappa shape index (κ2) is 14.0. The van der Waals surface area contributed by atoms with Crippen molar-refractivity contribution < 1.29 is 38.0 Å². The number of imide groups is 2. The summed E-state index contributed by atoms with van der Waals surface area (Å²) in [7, 11) is 0. The zero-order valence-electron chi connectivity index (χ0n) is 27.7. The SMILES string of the molecule is Cc1[nH]c(/C=C2\C(=O)Nc3ccc(F)cc32)c(C)c1C(=O)NCCCCCCCC(=O)c1ccc2c(c1)C(=O)N(C1CCC(=O)NC1=O)C2=O. The van der Waals surface area contributed by atoms with Crippen molar-refractivity contribution in [3.05, 3.63) is 87.0 Å². The van der Waals surface area contributed by atoms with Gasteiger partial charge in [-0.3, -0.25) is 43.8 Å². The van der Waals surface area contributed by atoms with Gasteiger partial charge in [0.2, 0.25) is 11.8 Å². The lowest BCUT2D eigenvalue weighted by Gasteiger charge is -2.27. The highest BCUT2D eigenvalue weighted by Gasteiger charge is 2.44. The van der Waals surface area contributed by atoms with Gasteiger partial charge in [-0.15, -0.1) is 0 Å². The monoisotopic (exact) mass is 681 g/mol. The molecule has 2 aromatic carbocycles. The fourth-order valence-corrected chi connectivity index (χ4v) is 6.73. The van der Waals surface area contributed by atoms with E-state index in [4.69, 9.17) is 0 Å². The van der Waals surface area contributed by atoms with Crippen molar-refractivity contribution >= 4 is 58.6 Å². The number of nitrogens with zero attached hydrogens (tertiary/aromatic N) is 1. The third kappa shape index (κ3) is 6.63. The first-order chi connectivity index (χ1) is 23.9. The summed E-state index contributed by atoms with van der Waals surface area (Å²) in [6, 6.07) is 7.40. The summed E-state index contributed by atoms with van der Waals surface area (Å²) in [5.74, 6) is -3.58. The van der Waals surface area contributed by atoms with E-state index >= 15 is 0 Å². The van der Waals surface area contributed by atoms with Crippen LogP contribution < -0.4 is 16.0 Å². The summed E-state index contributed by atoms with van der Waals surface area (Å²) >= 11 is 0. The number of ketones is 1. The Morgan fingerprint density at radius 1 is 0.900 bits per heavy atom. The number of fused-ring (bicyclic) bond motifs is 2. The highest BCUT2D eigenvalue weighted by molar-refractivity contribution is 6.35. The third-order valence-electron chi connectivity index (χ3n) is 9.38. The first-order valence-electron chi connectivity index (χ1n) is 16.6. The van der Waals surface area contributed by atoms with Crippen molar-refractivity contribution in [2.75, 3.05) is 11.9 Å². The molecule has 1 unspecified atom stereocenters. The molecule has 0 saturated carbocycles. The van der Waals surface area contributed by atoms with Gasteiger partial charge in [-0.05, 0) is 75.1 Å². The number of carbonyl (C=O) groups excluding carboxylic acids is 7. The number of piperidine rings is 1. The minimum atomic E-state index is -1.06. The minimum absolute atomic E-state index is 0.0275. The Morgan fingerprint density at radius 3 is 2.42 bits per heavy atom. The molecule has 0 aliphatic carbocycles. The molecule has 0 spiro atoms. The predicted molar refractivity (Wildman–Crippen MR) is 181 cm³/mol. The number of aryl methyl sites for hydroxylation is 1. The Labute approximate surface area is 286 Å². The summed E-state index contributed by atoms with van der Waals surface area (Å²) in [5.41, 5.74) is 4.26. The van der Waals surface area contributed by atoms with Crippen LogP contribution in [0.2, 0.25) is 0 Å². The summed E-state index contributed by atoms with van der Waals surface area (Å²) in [5, 5.41) is 7.84. The Morgan fingerprint density at radius 2 is 1.64 bits per heavy atom. The molecule has 13 heteroatoms. The first-order valence-corrected chi connectivity index (χ1v) is 16.6. The highest BCUT2D eigenvalue weighted by Crippen LogP contribution is 2.34. The number of nitrogens with one attached hydrogen (secondary N) is 4. The van der Waals surface area contributed by atoms with Crippen LogP contribution in [-0.2, 0) is 14.4 Å². The summed E-state index contributed by atoms with van der Waals surface area (Å²) in [6.07, 6.45) is 5.84. The average molecular weight is 682 g/mol. The fourth-order valence-electron chi connectivity index (χ4n) is 6.73. The number of halogens is 1. The lowest BCUT2D eigenvalue weighted by Crippen LogP contribution is -2.54. The third-order valence-corrected chi connectivity index (χ3v) is 9.38. The molecule has 3 aliphatic heterocycles. The van der Waals surface area contributed by atoms with Crippen LogP contribution in [0.5, 0.6) is 0 Å². The van der Waals surface area contributed by atoms with Gasteiger partial charge in [0.1, 0.15) is 11.9 Å². The molecule has 1 saturated heterocycles. The number of unbranched alkanes of at least 4 members (excludes halogenated alkanes) is 4. The number of aromatic nitrogens is 1. The maximum Gasteiger partial charge on any atom is 0.262 e. The summed E-state index contributed by atoms with van der Waals surface area (Å²) < 4.78 is 13.8. The lowest BCUT2D eigenvalue weighted by molar-refractivity contribution is -0.136. The standard InChI is InChI=1S/C37H36FN5O7/c1-19-28(18-25-24-17-22(38)10-12-27(24)41-33(25)46)40-20(2)32(19)35(48)39-15-7-5-3-4-6-8-30(44)21-9-11-23-26(16-21)37(50)43(36(23)49)29-13-14-31(45)42-34(29)47/h9-12,16-18,29,40H,3-8,13-15H2,1-2H3,(H,39,48)(H,41,46)(H,42,45,47)/b25-18-. The maximum absolute atomic E-state index is 13.8. The molecule has 3 aromatic rings. The van der Waals surface area contributed by atoms with E-state index < -0.39 is 35.5 Å². The number of benzene rings is 2. The lowest BCUT2D eigenvalue weighted by atomic mass is 9.99. The predicted octanol–water partition coefficient (Wildman–Crippen LogP) is 4.62. The van der Waals surface area contributed by atoms with Gasteiger partial charge >= 0.3 is 0 Å². The van der Waals surface area contributed by atoms with Gasteiger partial charge in [0, 0.05) is 47.6 Å². The second-order valence-electron chi connectivity index (χ2n) is 12.8. The largest absolute Gasteiger partial charge is 0.358 e. The molecule has 0 bridgehead atoms. The Kier molecular flexibility index (Phi) is 9.58. The van der Waals surface area contributed by atoms with Crippen molar-refractivity contribution in [2.24, 2.45) is 0 Å². The van der Waals surface area contributed by atoms with Gasteiger partial charge in [0.15, 0.2) is 5.78 Å². The van der Waals surface area contributed by atoms with Crippen LogP contribution in [0.1, 0.15) is 115 Å². The van der Waals surface area contributed by atoms with E-state index in [1.807, 2.05) is 0 Å². The van der Waals surface area contributed by atoms with Crippen LogP contribution in [-0.4, -0.2) is 63.7 Å². The van der Waals surface area contributed by atoms with Crippen molar-refractivity contribution in [1.82, 2.24) is 20.5 Å². The van der Waals surface area contributed by atoms with E-state index in [1.54, 1.807) is 19.9 Å². The number of carbonyl (C=O) groups is 7. The Balaban J connectivity index is 0.936. The summed E-state index contributed by atoms with van der Waals surface area (Å²) in [4.78, 5) is 92.2. The number of Topliss-reactive ketones (excluding diaryl/α,β-unsaturated/α-hetero) is 1. The van der Waals surface area contributed by atoms with Crippen LogP contribution in [0.3, 0.4) is 0 Å². The number of rotatable bonds is 12. The number of hydrogen-bond donors (Lipinski definition) is 4. The molecule has 6 rings (SSSR count). The Hall–Kier alpha value is -5.72. The molecule has 6 amide bonds. The van der Waals surface area contributed by atoms with Crippen LogP contribution in [0.4, 0.5) is 10.1 Å².